The molecular formula is C15H21F3N4O4. The molecule has 3 rings (SSSR count). The molecule has 11 heteroatoms. The number of alkyl halides is 3. The van der Waals surface area contributed by atoms with Gasteiger partial charge < -0.3 is 14.7 Å². The van der Waals surface area contributed by atoms with Crippen LogP contribution in [0.4, 0.5) is 13.2 Å². The van der Waals surface area contributed by atoms with E-state index in [1.807, 2.05) is 21.8 Å². The molecule has 0 bridgehead atoms. The third-order valence-corrected chi connectivity index (χ3v) is 4.07. The van der Waals surface area contributed by atoms with Gasteiger partial charge in [-0.15, -0.1) is 0 Å². The number of aromatic nitrogens is 2. The van der Waals surface area contributed by atoms with Gasteiger partial charge in [0, 0.05) is 32.4 Å². The van der Waals surface area contributed by atoms with Crippen molar-refractivity contribution in [1.29, 1.82) is 0 Å². The average Bonchev–Trinajstić information content (AvgIpc) is 3.03. The third kappa shape index (κ3) is 5.43. The van der Waals surface area contributed by atoms with Crippen LogP contribution in [0, 0.1) is 0 Å². The van der Waals surface area contributed by atoms with Crippen LogP contribution in [0.5, 0.6) is 0 Å². The summed E-state index contributed by atoms with van der Waals surface area (Å²) in [5, 5.41) is 11.5. The lowest BCUT2D eigenvalue weighted by Crippen LogP contribution is -2.43. The highest BCUT2D eigenvalue weighted by molar-refractivity contribution is 5.76. The summed E-state index contributed by atoms with van der Waals surface area (Å²) in [6.45, 7) is 4.53. The fourth-order valence-corrected chi connectivity index (χ4v) is 2.87. The number of ether oxygens (including phenoxy) is 1. The minimum Gasteiger partial charge on any atom is -0.475 e. The van der Waals surface area contributed by atoms with Gasteiger partial charge in [0.1, 0.15) is 0 Å². The Labute approximate surface area is 148 Å². The summed E-state index contributed by atoms with van der Waals surface area (Å²) < 4.78 is 39.0. The number of nitrogens with zero attached hydrogens (tertiary/aromatic N) is 4. The molecule has 1 saturated heterocycles. The number of carbonyl (C=O) groups excluding carboxylic acids is 1. The Balaban J connectivity index is 0.000000298. The number of aliphatic carboxylic acids is 1. The van der Waals surface area contributed by atoms with Crippen molar-refractivity contribution in [2.75, 3.05) is 39.9 Å². The fraction of sp³-hybridized carbons (Fsp3) is 0.667. The molecule has 0 aromatic carbocycles. The summed E-state index contributed by atoms with van der Waals surface area (Å²) >= 11 is 0. The lowest BCUT2D eigenvalue weighted by Gasteiger charge is -2.33. The van der Waals surface area contributed by atoms with Gasteiger partial charge in [0.25, 0.3) is 0 Å². The Bertz CT molecular complexity index is 629. The van der Waals surface area contributed by atoms with Crippen LogP contribution >= 0.6 is 0 Å². The number of fused-ring (bicyclic) bond motifs is 1. The van der Waals surface area contributed by atoms with E-state index in [1.165, 1.54) is 5.69 Å². The summed E-state index contributed by atoms with van der Waals surface area (Å²) in [7, 11) is 2.09. The van der Waals surface area contributed by atoms with E-state index in [1.54, 1.807) is 0 Å². The van der Waals surface area contributed by atoms with Crippen molar-refractivity contribution in [2.45, 2.75) is 25.2 Å². The first-order valence-electron chi connectivity index (χ1n) is 8.05. The highest BCUT2D eigenvalue weighted by atomic mass is 19.4. The monoisotopic (exact) mass is 378 g/mol. The third-order valence-electron chi connectivity index (χ3n) is 4.07. The van der Waals surface area contributed by atoms with Gasteiger partial charge >= 0.3 is 12.1 Å². The number of morpholine rings is 1. The smallest absolute Gasteiger partial charge is 0.475 e. The Morgan fingerprint density at radius 2 is 1.96 bits per heavy atom. The highest BCUT2D eigenvalue weighted by Crippen LogP contribution is 2.22. The number of rotatable bonds is 2. The molecule has 1 fully saturated rings. The summed E-state index contributed by atoms with van der Waals surface area (Å²) in [5.74, 6) is -2.54. The van der Waals surface area contributed by atoms with Gasteiger partial charge in [-0.05, 0) is 13.1 Å². The molecule has 0 aliphatic carbocycles. The van der Waals surface area contributed by atoms with Crippen LogP contribution in [0.2, 0.25) is 0 Å². The van der Waals surface area contributed by atoms with E-state index in [2.05, 4.69) is 17.0 Å². The molecule has 1 amide bonds. The van der Waals surface area contributed by atoms with Crippen molar-refractivity contribution in [3.8, 4) is 0 Å². The van der Waals surface area contributed by atoms with Crippen LogP contribution in [0.15, 0.2) is 12.3 Å². The van der Waals surface area contributed by atoms with Gasteiger partial charge in [0.15, 0.2) is 0 Å². The molecule has 3 heterocycles. The molecule has 1 aromatic heterocycles. The average molecular weight is 378 g/mol. The van der Waals surface area contributed by atoms with Gasteiger partial charge in [-0.1, -0.05) is 0 Å². The normalized spacial score (nSPS) is 20.8. The van der Waals surface area contributed by atoms with Crippen LogP contribution < -0.4 is 0 Å². The molecule has 0 radical (unpaired) electrons. The molecule has 1 unspecified atom stereocenters. The molecule has 8 nitrogen and oxygen atoms in total. The number of carboxylic acid groups (broad SMARTS) is 1. The lowest BCUT2D eigenvalue weighted by molar-refractivity contribution is -0.192. The van der Waals surface area contributed by atoms with Gasteiger partial charge in [0.2, 0.25) is 5.91 Å². The van der Waals surface area contributed by atoms with Gasteiger partial charge in [-0.2, -0.15) is 18.3 Å². The van der Waals surface area contributed by atoms with Gasteiger partial charge in [-0.25, -0.2) is 4.79 Å². The van der Waals surface area contributed by atoms with Crippen molar-refractivity contribution in [3.05, 3.63) is 18.0 Å². The quantitative estimate of drug-likeness (QED) is 0.817. The molecule has 146 valence electrons. The Morgan fingerprint density at radius 3 is 2.54 bits per heavy atom. The largest absolute Gasteiger partial charge is 0.490 e. The van der Waals surface area contributed by atoms with Crippen molar-refractivity contribution in [3.63, 3.8) is 0 Å². The second-order valence-corrected chi connectivity index (χ2v) is 6.12. The first-order chi connectivity index (χ1) is 12.2. The zero-order valence-corrected chi connectivity index (χ0v) is 14.3. The number of amides is 1. The van der Waals surface area contributed by atoms with Crippen LogP contribution in [0.25, 0.3) is 0 Å². The van der Waals surface area contributed by atoms with E-state index in [4.69, 9.17) is 14.6 Å². The molecule has 26 heavy (non-hydrogen) atoms. The maximum Gasteiger partial charge on any atom is 0.490 e. The first kappa shape index (κ1) is 20.2. The minimum atomic E-state index is -5.08. The maximum atomic E-state index is 12.3. The number of halogens is 3. The van der Waals surface area contributed by atoms with E-state index in [0.29, 0.717) is 32.7 Å². The second-order valence-electron chi connectivity index (χ2n) is 6.12. The van der Waals surface area contributed by atoms with Crippen LogP contribution in [-0.2, 0) is 20.9 Å². The van der Waals surface area contributed by atoms with Gasteiger partial charge in [-0.3, -0.25) is 14.4 Å². The number of carboxylic acids is 1. The minimum absolute atomic E-state index is 0.152. The molecule has 1 atom stereocenters. The zero-order valence-electron chi connectivity index (χ0n) is 14.3. The first-order valence-corrected chi connectivity index (χ1v) is 8.05. The number of hydrogen-bond donors (Lipinski definition) is 1. The van der Waals surface area contributed by atoms with Crippen molar-refractivity contribution >= 4 is 11.9 Å². The maximum absolute atomic E-state index is 12.3. The molecule has 1 aromatic rings. The summed E-state index contributed by atoms with van der Waals surface area (Å²) in [5.41, 5.74) is 1.19. The predicted octanol–water partition coefficient (Wildman–Crippen LogP) is 0.752. The van der Waals surface area contributed by atoms with Crippen molar-refractivity contribution in [1.82, 2.24) is 19.6 Å². The summed E-state index contributed by atoms with van der Waals surface area (Å²) in [4.78, 5) is 25.4. The highest BCUT2D eigenvalue weighted by Gasteiger charge is 2.38. The molecule has 2 aliphatic rings. The van der Waals surface area contributed by atoms with Crippen LogP contribution in [-0.4, -0.2) is 82.6 Å². The predicted molar refractivity (Wildman–Crippen MR) is 83.3 cm³/mol. The summed E-state index contributed by atoms with van der Waals surface area (Å²) in [6, 6.07) is 2.18. The molecule has 0 saturated carbocycles. The van der Waals surface area contributed by atoms with Crippen molar-refractivity contribution in [2.24, 2.45) is 0 Å². The van der Waals surface area contributed by atoms with Crippen LogP contribution in [0.1, 0.15) is 18.2 Å². The van der Waals surface area contributed by atoms with Gasteiger partial charge in [0.05, 0.1) is 31.4 Å². The van der Waals surface area contributed by atoms with E-state index in [0.717, 1.165) is 13.1 Å². The number of hydrogen-bond acceptors (Lipinski definition) is 5. The Morgan fingerprint density at radius 1 is 1.35 bits per heavy atom. The molecular weight excluding hydrogens is 357 g/mol. The number of carbonyl (C=O) groups is 2. The van der Waals surface area contributed by atoms with E-state index >= 15 is 0 Å². The number of likely N-dealkylation sites (N-methyl/N-ethyl adjacent to an activating group) is 1. The van der Waals surface area contributed by atoms with Crippen LogP contribution in [0.3, 0.4) is 0 Å². The Kier molecular flexibility index (Phi) is 6.59. The topological polar surface area (TPSA) is 87.9 Å². The zero-order chi connectivity index (χ0) is 19.3. The van der Waals surface area contributed by atoms with Crippen molar-refractivity contribution < 1.29 is 32.6 Å². The lowest BCUT2D eigenvalue weighted by atomic mass is 10.1. The molecule has 1 N–H and O–H groups in total. The van der Waals surface area contributed by atoms with E-state index in [-0.39, 0.29) is 11.9 Å². The molecule has 2 aliphatic heterocycles. The summed E-state index contributed by atoms with van der Waals surface area (Å²) in [6.07, 6.45) is -2.74. The van der Waals surface area contributed by atoms with E-state index in [9.17, 15) is 18.0 Å². The van der Waals surface area contributed by atoms with E-state index < -0.39 is 12.1 Å². The standard InChI is InChI=1S/C13H20N4O2.C2HF3O2/c1-15-9-11-2-3-14-17(11)12(10-15)8-13(18)16-4-6-19-7-5-16;3-2(4,5)1(6)7/h2-3,12H,4-10H2,1H3;(H,6,7). The Hall–Kier alpha value is -2.14. The SMILES string of the molecule is CN1Cc2ccnn2C(CC(=O)N2CCOCC2)C1.O=C(O)C(F)(F)F. The fourth-order valence-electron chi connectivity index (χ4n) is 2.87. The second kappa shape index (κ2) is 8.49. The molecule has 0 spiro atoms.